The van der Waals surface area contributed by atoms with Crippen LogP contribution in [0.2, 0.25) is 0 Å². The Morgan fingerprint density at radius 1 is 1.07 bits per heavy atom. The number of nitrogens with zero attached hydrogens (tertiary/aromatic N) is 1. The average Bonchev–Trinajstić information content (AvgIpc) is 3.08. The molecule has 0 bridgehead atoms. The summed E-state index contributed by atoms with van der Waals surface area (Å²) in [6, 6.07) is 10.0. The van der Waals surface area contributed by atoms with Crippen molar-refractivity contribution < 1.29 is 18.9 Å². The summed E-state index contributed by atoms with van der Waals surface area (Å²) in [5, 5.41) is 4.59. The molecule has 2 heterocycles. The highest BCUT2D eigenvalue weighted by molar-refractivity contribution is 6.12. The Bertz CT molecular complexity index is 921. The van der Waals surface area contributed by atoms with Gasteiger partial charge in [-0.3, -0.25) is 0 Å². The van der Waals surface area contributed by atoms with Gasteiger partial charge in [-0.25, -0.2) is 0 Å². The molecule has 2 aromatic rings. The molecule has 0 fully saturated rings. The molecule has 2 aliphatic rings. The Kier molecular flexibility index (Phi) is 4.62. The van der Waals surface area contributed by atoms with E-state index in [0.29, 0.717) is 0 Å². The van der Waals surface area contributed by atoms with Gasteiger partial charge in [-0.15, -0.1) is 0 Å². The molecule has 2 aromatic carbocycles. The van der Waals surface area contributed by atoms with Gasteiger partial charge in [0.15, 0.2) is 11.5 Å². The fourth-order valence-corrected chi connectivity index (χ4v) is 3.26. The van der Waals surface area contributed by atoms with Gasteiger partial charge in [0, 0.05) is 23.2 Å². The number of benzene rings is 2. The van der Waals surface area contributed by atoms with Crippen LogP contribution in [-0.2, 0) is 6.42 Å². The summed E-state index contributed by atoms with van der Waals surface area (Å²) in [5.41, 5.74) is 7.21. The third-order valence-electron chi connectivity index (χ3n) is 4.67. The number of hydrogen-bond donors (Lipinski definition) is 1. The summed E-state index contributed by atoms with van der Waals surface area (Å²) in [5.74, 6) is 3.05. The minimum atomic E-state index is 0.227. The van der Waals surface area contributed by atoms with E-state index < -0.39 is 0 Å². The minimum absolute atomic E-state index is 0.227. The van der Waals surface area contributed by atoms with Gasteiger partial charge in [0.2, 0.25) is 6.79 Å². The van der Waals surface area contributed by atoms with Crippen molar-refractivity contribution >= 4 is 11.8 Å². The average molecular weight is 366 g/mol. The first-order valence-electron chi connectivity index (χ1n) is 8.84. The normalized spacial score (nSPS) is 17.7. The van der Waals surface area contributed by atoms with E-state index in [1.165, 1.54) is 5.56 Å². The molecule has 1 unspecified atom stereocenters. The van der Waals surface area contributed by atoms with Gasteiger partial charge in [0.25, 0.3) is 0 Å². The molecule has 0 radical (unpaired) electrons. The Balaban J connectivity index is 1.71. The number of hydrogen-bond acceptors (Lipinski definition) is 6. The summed E-state index contributed by atoms with van der Waals surface area (Å²) in [7, 11) is 3.28. The number of rotatable bonds is 4. The molecule has 1 N–H and O–H groups in total. The smallest absolute Gasteiger partial charge is 0.231 e. The van der Waals surface area contributed by atoms with E-state index in [-0.39, 0.29) is 12.8 Å². The van der Waals surface area contributed by atoms with E-state index in [0.717, 1.165) is 46.3 Å². The number of ether oxygens (including phenoxy) is 4. The number of methoxy groups -OCH3 is 2. The second-order valence-corrected chi connectivity index (χ2v) is 6.54. The summed E-state index contributed by atoms with van der Waals surface area (Å²) >= 11 is 0. The van der Waals surface area contributed by atoms with Crippen molar-refractivity contribution in [1.82, 2.24) is 5.43 Å². The second-order valence-electron chi connectivity index (χ2n) is 6.54. The molecule has 6 nitrogen and oxygen atoms in total. The molecule has 1 atom stereocenters. The highest BCUT2D eigenvalue weighted by Gasteiger charge is 2.22. The first kappa shape index (κ1) is 17.3. The van der Waals surface area contributed by atoms with Gasteiger partial charge < -0.3 is 24.4 Å². The molecule has 4 rings (SSSR count). The van der Waals surface area contributed by atoms with Crippen LogP contribution in [0.1, 0.15) is 23.6 Å². The lowest BCUT2D eigenvalue weighted by Crippen LogP contribution is -2.21. The van der Waals surface area contributed by atoms with Crippen LogP contribution in [0.4, 0.5) is 0 Å². The zero-order valence-electron chi connectivity index (χ0n) is 15.6. The van der Waals surface area contributed by atoms with Crippen molar-refractivity contribution in [2.45, 2.75) is 19.4 Å². The lowest BCUT2D eigenvalue weighted by molar-refractivity contribution is 0.174. The van der Waals surface area contributed by atoms with E-state index >= 15 is 0 Å². The summed E-state index contributed by atoms with van der Waals surface area (Å²) in [6.07, 6.45) is 4.83. The molecule has 0 amide bonds. The molecule has 6 heteroatoms. The van der Waals surface area contributed by atoms with Crippen molar-refractivity contribution in [2.75, 3.05) is 21.0 Å². The molecular weight excluding hydrogens is 344 g/mol. The SMILES string of the molecule is COc1ccc(/C=C/C2=NNC(C)Cc3cc4c(cc32)OCO4)c(OC)c1. The lowest BCUT2D eigenvalue weighted by atomic mass is 9.97. The van der Waals surface area contributed by atoms with Crippen LogP contribution in [-0.4, -0.2) is 32.8 Å². The molecule has 0 aromatic heterocycles. The van der Waals surface area contributed by atoms with Crippen molar-refractivity contribution in [3.63, 3.8) is 0 Å². The van der Waals surface area contributed by atoms with Crippen LogP contribution in [0.3, 0.4) is 0 Å². The zero-order chi connectivity index (χ0) is 18.8. The monoisotopic (exact) mass is 366 g/mol. The Morgan fingerprint density at radius 2 is 1.89 bits per heavy atom. The van der Waals surface area contributed by atoms with Crippen molar-refractivity contribution in [2.24, 2.45) is 5.10 Å². The van der Waals surface area contributed by atoms with Crippen LogP contribution >= 0.6 is 0 Å². The summed E-state index contributed by atoms with van der Waals surface area (Å²) in [4.78, 5) is 0. The van der Waals surface area contributed by atoms with Crippen molar-refractivity contribution in [3.05, 3.63) is 53.1 Å². The Morgan fingerprint density at radius 3 is 2.67 bits per heavy atom. The minimum Gasteiger partial charge on any atom is -0.497 e. The van der Waals surface area contributed by atoms with Gasteiger partial charge in [-0.2, -0.15) is 5.10 Å². The van der Waals surface area contributed by atoms with Crippen LogP contribution in [0.15, 0.2) is 41.5 Å². The topological polar surface area (TPSA) is 61.3 Å². The maximum Gasteiger partial charge on any atom is 0.231 e. The predicted molar refractivity (Wildman–Crippen MR) is 104 cm³/mol. The molecule has 2 aliphatic heterocycles. The molecule has 0 saturated carbocycles. The first-order chi connectivity index (χ1) is 13.2. The van der Waals surface area contributed by atoms with Crippen molar-refractivity contribution in [1.29, 1.82) is 0 Å². The Hall–Kier alpha value is -3.15. The van der Waals surface area contributed by atoms with E-state index in [1.54, 1.807) is 14.2 Å². The molecule has 27 heavy (non-hydrogen) atoms. The van der Waals surface area contributed by atoms with Gasteiger partial charge >= 0.3 is 0 Å². The van der Waals surface area contributed by atoms with Gasteiger partial charge in [-0.1, -0.05) is 0 Å². The third-order valence-corrected chi connectivity index (χ3v) is 4.67. The van der Waals surface area contributed by atoms with Gasteiger partial charge in [0.1, 0.15) is 11.5 Å². The van der Waals surface area contributed by atoms with E-state index in [2.05, 4.69) is 23.5 Å². The lowest BCUT2D eigenvalue weighted by Gasteiger charge is -2.10. The highest BCUT2D eigenvalue weighted by atomic mass is 16.7. The van der Waals surface area contributed by atoms with E-state index in [9.17, 15) is 0 Å². The quantitative estimate of drug-likeness (QED) is 0.899. The van der Waals surface area contributed by atoms with Crippen LogP contribution in [0.25, 0.3) is 6.08 Å². The fourth-order valence-electron chi connectivity index (χ4n) is 3.26. The van der Waals surface area contributed by atoms with Crippen molar-refractivity contribution in [3.8, 4) is 23.0 Å². The molecular formula is C21H22N2O4. The van der Waals surface area contributed by atoms with Gasteiger partial charge in [0.05, 0.1) is 19.9 Å². The van der Waals surface area contributed by atoms with E-state index in [4.69, 9.17) is 18.9 Å². The standard InChI is InChI=1S/C21H22N2O4/c1-13-8-15-9-20-21(27-12-26-20)11-17(15)18(23-22-13)7-5-14-4-6-16(24-2)10-19(14)25-3/h4-7,9-11,13,22H,8,12H2,1-3H3/b7-5+. The summed E-state index contributed by atoms with van der Waals surface area (Å²) in [6.45, 7) is 2.37. The number of allylic oxidation sites excluding steroid dienone is 1. The number of fused-ring (bicyclic) bond motifs is 2. The predicted octanol–water partition coefficient (Wildman–Crippen LogP) is 3.38. The second kappa shape index (κ2) is 7.23. The Labute approximate surface area is 158 Å². The maximum absolute atomic E-state index is 5.55. The highest BCUT2D eigenvalue weighted by Crippen LogP contribution is 2.36. The first-order valence-corrected chi connectivity index (χ1v) is 8.84. The summed E-state index contributed by atoms with van der Waals surface area (Å²) < 4.78 is 21.8. The van der Waals surface area contributed by atoms with Crippen LogP contribution in [0, 0.1) is 0 Å². The van der Waals surface area contributed by atoms with Crippen LogP contribution < -0.4 is 24.4 Å². The molecule has 140 valence electrons. The van der Waals surface area contributed by atoms with E-state index in [1.807, 2.05) is 36.4 Å². The molecule has 0 aliphatic carbocycles. The number of hydrazone groups is 1. The molecule has 0 spiro atoms. The van der Waals surface area contributed by atoms with Crippen LogP contribution in [0.5, 0.6) is 23.0 Å². The molecule has 0 saturated heterocycles. The fraction of sp³-hybridized carbons (Fsp3) is 0.286. The number of nitrogens with one attached hydrogen (secondary N) is 1. The largest absolute Gasteiger partial charge is 0.497 e. The van der Waals surface area contributed by atoms with Gasteiger partial charge in [-0.05, 0) is 55.3 Å². The third kappa shape index (κ3) is 3.43. The maximum atomic E-state index is 5.55. The zero-order valence-corrected chi connectivity index (χ0v) is 15.6.